The van der Waals surface area contributed by atoms with Crippen LogP contribution in [0.5, 0.6) is 11.5 Å². The van der Waals surface area contributed by atoms with Crippen molar-refractivity contribution in [3.63, 3.8) is 0 Å². The summed E-state index contributed by atoms with van der Waals surface area (Å²) in [5.41, 5.74) is 1.22. The average molecular weight is 464 g/mol. The third-order valence-corrected chi connectivity index (χ3v) is 4.42. The van der Waals surface area contributed by atoms with E-state index in [4.69, 9.17) is 4.74 Å². The largest absolute Gasteiger partial charge is 0.455 e. The molecule has 0 aliphatic carbocycles. The van der Waals surface area contributed by atoms with E-state index in [2.05, 4.69) is 72.2 Å². The Balaban J connectivity index is 2.17. The van der Waals surface area contributed by atoms with Crippen LogP contribution in [0, 0.1) is 0 Å². The molecule has 0 heterocycles. The van der Waals surface area contributed by atoms with E-state index in [9.17, 15) is 0 Å². The fourth-order valence-corrected chi connectivity index (χ4v) is 3.32. The van der Waals surface area contributed by atoms with Gasteiger partial charge in [-0.3, -0.25) is 0 Å². The summed E-state index contributed by atoms with van der Waals surface area (Å²) in [6.07, 6.45) is 0. The highest BCUT2D eigenvalue weighted by atomic mass is 79.9. The van der Waals surface area contributed by atoms with Gasteiger partial charge in [0.1, 0.15) is 11.5 Å². The van der Waals surface area contributed by atoms with Gasteiger partial charge in [0, 0.05) is 11.0 Å². The first-order chi connectivity index (χ1) is 9.60. The van der Waals surface area contributed by atoms with Gasteiger partial charge in [0.05, 0.1) is 8.95 Å². The first-order valence-corrected chi connectivity index (χ1v) is 8.60. The van der Waals surface area contributed by atoms with Gasteiger partial charge in [0.2, 0.25) is 0 Å². The zero-order valence-corrected chi connectivity index (χ0v) is 15.7. The number of nitrogens with one attached hydrogen (secondary N) is 1. The van der Waals surface area contributed by atoms with Gasteiger partial charge in [-0.25, -0.2) is 0 Å². The number of hydrogen-bond donors (Lipinski definition) is 1. The highest BCUT2D eigenvalue weighted by molar-refractivity contribution is 9.11. The smallest absolute Gasteiger partial charge is 0.141 e. The minimum atomic E-state index is 0.785. The van der Waals surface area contributed by atoms with E-state index in [1.54, 1.807) is 0 Å². The van der Waals surface area contributed by atoms with E-state index in [1.807, 2.05) is 24.3 Å². The fraction of sp³-hybridized carbons (Fsp3) is 0.200. The Morgan fingerprint density at radius 3 is 2.20 bits per heavy atom. The van der Waals surface area contributed by atoms with Crippen LogP contribution in [0.2, 0.25) is 0 Å². The van der Waals surface area contributed by atoms with Crippen LogP contribution in [-0.4, -0.2) is 6.54 Å². The number of halogens is 3. The van der Waals surface area contributed by atoms with Crippen LogP contribution in [0.25, 0.3) is 0 Å². The van der Waals surface area contributed by atoms with Gasteiger partial charge in [0.25, 0.3) is 0 Å². The summed E-state index contributed by atoms with van der Waals surface area (Å²) in [4.78, 5) is 0. The number of rotatable bonds is 5. The first kappa shape index (κ1) is 16.0. The zero-order chi connectivity index (χ0) is 14.5. The Kier molecular flexibility index (Phi) is 6.08. The lowest BCUT2D eigenvalue weighted by molar-refractivity contribution is 0.476. The van der Waals surface area contributed by atoms with Crippen LogP contribution in [0.1, 0.15) is 12.5 Å². The van der Waals surface area contributed by atoms with Crippen molar-refractivity contribution < 1.29 is 4.74 Å². The molecular weight excluding hydrogens is 450 g/mol. The second kappa shape index (κ2) is 7.59. The lowest BCUT2D eigenvalue weighted by Crippen LogP contribution is -2.11. The van der Waals surface area contributed by atoms with Crippen molar-refractivity contribution >= 4 is 47.8 Å². The predicted molar refractivity (Wildman–Crippen MR) is 93.4 cm³/mol. The van der Waals surface area contributed by atoms with Crippen molar-refractivity contribution in [2.24, 2.45) is 0 Å². The number of hydrogen-bond acceptors (Lipinski definition) is 2. The molecular formula is C15H14Br3NO. The maximum Gasteiger partial charge on any atom is 0.141 e. The van der Waals surface area contributed by atoms with E-state index < -0.39 is 0 Å². The van der Waals surface area contributed by atoms with Crippen LogP contribution in [0.4, 0.5) is 0 Å². The summed E-state index contributed by atoms with van der Waals surface area (Å²) in [7, 11) is 0. The fourth-order valence-electron chi connectivity index (χ4n) is 1.68. The molecule has 0 aromatic heterocycles. The maximum atomic E-state index is 5.92. The van der Waals surface area contributed by atoms with E-state index >= 15 is 0 Å². The summed E-state index contributed by atoms with van der Waals surface area (Å²) >= 11 is 10.5. The molecule has 0 spiro atoms. The summed E-state index contributed by atoms with van der Waals surface area (Å²) in [6, 6.07) is 12.0. The van der Waals surface area contributed by atoms with E-state index in [-0.39, 0.29) is 0 Å². The van der Waals surface area contributed by atoms with Crippen LogP contribution in [-0.2, 0) is 6.54 Å². The van der Waals surface area contributed by atoms with Gasteiger partial charge in [-0.2, -0.15) is 0 Å². The standard InChI is InChI=1S/C15H14Br3NO/c1-2-19-9-10-3-5-14(12(17)7-10)20-15-6-4-11(16)8-13(15)18/h3-8,19H,2,9H2,1H3. The molecule has 0 aliphatic heterocycles. The monoisotopic (exact) mass is 461 g/mol. The van der Waals surface area contributed by atoms with E-state index in [0.29, 0.717) is 0 Å². The molecule has 20 heavy (non-hydrogen) atoms. The number of benzene rings is 2. The molecule has 1 N–H and O–H groups in total. The third-order valence-electron chi connectivity index (χ3n) is 2.69. The molecule has 0 aliphatic rings. The Hall–Kier alpha value is -0.360. The Labute approximate surface area is 144 Å². The van der Waals surface area contributed by atoms with Crippen LogP contribution < -0.4 is 10.1 Å². The summed E-state index contributed by atoms with van der Waals surface area (Å²) < 4.78 is 8.79. The molecule has 0 bridgehead atoms. The first-order valence-electron chi connectivity index (χ1n) is 6.22. The highest BCUT2D eigenvalue weighted by Gasteiger charge is 2.07. The molecule has 0 saturated carbocycles. The van der Waals surface area contributed by atoms with Gasteiger partial charge in [-0.15, -0.1) is 0 Å². The summed E-state index contributed by atoms with van der Waals surface area (Å²) in [5, 5.41) is 3.30. The van der Waals surface area contributed by atoms with Gasteiger partial charge in [-0.05, 0) is 74.3 Å². The summed E-state index contributed by atoms with van der Waals surface area (Å²) in [5.74, 6) is 1.58. The average Bonchev–Trinajstić information content (AvgIpc) is 2.42. The van der Waals surface area contributed by atoms with Crippen LogP contribution in [0.3, 0.4) is 0 Å². The van der Waals surface area contributed by atoms with Crippen molar-refractivity contribution in [3.05, 3.63) is 55.4 Å². The number of ether oxygens (including phenoxy) is 1. The van der Waals surface area contributed by atoms with Crippen LogP contribution >= 0.6 is 47.8 Å². The van der Waals surface area contributed by atoms with E-state index in [0.717, 1.165) is 38.0 Å². The Morgan fingerprint density at radius 1 is 0.950 bits per heavy atom. The normalized spacial score (nSPS) is 10.6. The summed E-state index contributed by atoms with van der Waals surface area (Å²) in [6.45, 7) is 3.91. The molecule has 0 fully saturated rings. The van der Waals surface area contributed by atoms with Gasteiger partial charge >= 0.3 is 0 Å². The van der Waals surface area contributed by atoms with Gasteiger partial charge in [0.15, 0.2) is 0 Å². The van der Waals surface area contributed by atoms with Crippen molar-refractivity contribution in [1.82, 2.24) is 5.32 Å². The predicted octanol–water partition coefficient (Wildman–Crippen LogP) is 5.88. The molecule has 5 heteroatoms. The SMILES string of the molecule is CCNCc1ccc(Oc2ccc(Br)cc2Br)c(Br)c1. The molecule has 0 radical (unpaired) electrons. The molecule has 0 saturated heterocycles. The molecule has 2 aromatic carbocycles. The molecule has 0 unspecified atom stereocenters. The van der Waals surface area contributed by atoms with Gasteiger partial charge < -0.3 is 10.1 Å². The minimum absolute atomic E-state index is 0.785. The third kappa shape index (κ3) is 4.32. The Bertz CT molecular complexity index is 602. The molecule has 2 rings (SSSR count). The van der Waals surface area contributed by atoms with Crippen molar-refractivity contribution in [2.45, 2.75) is 13.5 Å². The van der Waals surface area contributed by atoms with Gasteiger partial charge in [-0.1, -0.05) is 28.9 Å². The molecule has 2 nitrogen and oxygen atoms in total. The quantitative estimate of drug-likeness (QED) is 0.598. The highest BCUT2D eigenvalue weighted by Crippen LogP contribution is 2.35. The topological polar surface area (TPSA) is 21.3 Å². The zero-order valence-electron chi connectivity index (χ0n) is 10.9. The molecule has 0 atom stereocenters. The lowest BCUT2D eigenvalue weighted by atomic mass is 10.2. The second-order valence-electron chi connectivity index (χ2n) is 4.22. The van der Waals surface area contributed by atoms with Crippen molar-refractivity contribution in [2.75, 3.05) is 6.54 Å². The molecule has 2 aromatic rings. The van der Waals surface area contributed by atoms with Crippen molar-refractivity contribution in [1.29, 1.82) is 0 Å². The maximum absolute atomic E-state index is 5.92. The minimum Gasteiger partial charge on any atom is -0.455 e. The lowest BCUT2D eigenvalue weighted by Gasteiger charge is -2.11. The van der Waals surface area contributed by atoms with Crippen LogP contribution in [0.15, 0.2) is 49.8 Å². The molecule has 106 valence electrons. The van der Waals surface area contributed by atoms with Crippen molar-refractivity contribution in [3.8, 4) is 11.5 Å². The second-order valence-corrected chi connectivity index (χ2v) is 6.85. The molecule has 0 amide bonds. The van der Waals surface area contributed by atoms with E-state index in [1.165, 1.54) is 5.56 Å². The Morgan fingerprint density at radius 2 is 1.60 bits per heavy atom.